The van der Waals surface area contributed by atoms with Gasteiger partial charge in [-0.1, -0.05) is 6.58 Å². The van der Waals surface area contributed by atoms with E-state index in [0.717, 1.165) is 13.1 Å². The molecular formula is C9H14FNO. The molecule has 0 radical (unpaired) electrons. The fourth-order valence-corrected chi connectivity index (χ4v) is 1.15. The van der Waals surface area contributed by atoms with Crippen LogP contribution in [-0.4, -0.2) is 31.2 Å². The Hall–Kier alpha value is -0.830. The summed E-state index contributed by atoms with van der Waals surface area (Å²) >= 11 is 0. The van der Waals surface area contributed by atoms with Gasteiger partial charge in [0.05, 0.1) is 18.9 Å². The molecule has 2 nitrogen and oxygen atoms in total. The lowest BCUT2D eigenvalue weighted by atomic mass is 10.3. The smallest absolute Gasteiger partial charge is 0.141 e. The van der Waals surface area contributed by atoms with Crippen molar-refractivity contribution in [3.63, 3.8) is 0 Å². The van der Waals surface area contributed by atoms with Crippen molar-refractivity contribution in [2.75, 3.05) is 26.3 Å². The summed E-state index contributed by atoms with van der Waals surface area (Å²) in [6, 6.07) is 0. The summed E-state index contributed by atoms with van der Waals surface area (Å²) in [6.07, 6.45) is 1.43. The number of hydrogen-bond acceptors (Lipinski definition) is 2. The Morgan fingerprint density at radius 3 is 2.58 bits per heavy atom. The molecule has 12 heavy (non-hydrogen) atoms. The summed E-state index contributed by atoms with van der Waals surface area (Å²) < 4.78 is 18.1. The zero-order valence-corrected chi connectivity index (χ0v) is 7.35. The number of hydrogen-bond donors (Lipinski definition) is 0. The molecule has 0 bridgehead atoms. The summed E-state index contributed by atoms with van der Waals surface area (Å²) in [6.45, 7) is 8.14. The summed E-state index contributed by atoms with van der Waals surface area (Å²) in [5, 5.41) is 0. The van der Waals surface area contributed by atoms with Crippen molar-refractivity contribution in [3.05, 3.63) is 24.2 Å². The highest BCUT2D eigenvalue weighted by Crippen LogP contribution is 2.15. The molecule has 1 aliphatic heterocycles. The van der Waals surface area contributed by atoms with Crippen molar-refractivity contribution in [1.29, 1.82) is 0 Å². The Bertz CT molecular complexity index is 195. The molecule has 1 fully saturated rings. The predicted octanol–water partition coefficient (Wildman–Crippen LogP) is 1.71. The maximum atomic E-state index is 13.0. The van der Waals surface area contributed by atoms with Gasteiger partial charge in [-0.3, -0.25) is 0 Å². The summed E-state index contributed by atoms with van der Waals surface area (Å²) in [7, 11) is 0. The molecule has 1 aliphatic rings. The van der Waals surface area contributed by atoms with Gasteiger partial charge in [0.1, 0.15) is 5.83 Å². The SMILES string of the molecule is C=C(/C(F)=C\C)N1CCOCC1. The fraction of sp³-hybridized carbons (Fsp3) is 0.556. The van der Waals surface area contributed by atoms with E-state index < -0.39 is 0 Å². The van der Waals surface area contributed by atoms with Gasteiger partial charge in [-0.05, 0) is 13.0 Å². The van der Waals surface area contributed by atoms with E-state index in [-0.39, 0.29) is 5.83 Å². The van der Waals surface area contributed by atoms with Crippen LogP contribution in [0.2, 0.25) is 0 Å². The highest BCUT2D eigenvalue weighted by Gasteiger charge is 2.14. The van der Waals surface area contributed by atoms with E-state index in [1.165, 1.54) is 6.08 Å². The van der Waals surface area contributed by atoms with Gasteiger partial charge in [0.25, 0.3) is 0 Å². The van der Waals surface area contributed by atoms with Gasteiger partial charge in [-0.25, -0.2) is 4.39 Å². The number of halogens is 1. The van der Waals surface area contributed by atoms with Gasteiger partial charge in [-0.15, -0.1) is 0 Å². The Labute approximate surface area is 72.3 Å². The molecule has 0 atom stereocenters. The van der Waals surface area contributed by atoms with Crippen LogP contribution < -0.4 is 0 Å². The molecule has 0 unspecified atom stereocenters. The van der Waals surface area contributed by atoms with Gasteiger partial charge in [0.15, 0.2) is 0 Å². The van der Waals surface area contributed by atoms with Crippen LogP contribution in [-0.2, 0) is 4.74 Å². The highest BCUT2D eigenvalue weighted by atomic mass is 19.1. The third-order valence-corrected chi connectivity index (χ3v) is 1.92. The summed E-state index contributed by atoms with van der Waals surface area (Å²) in [5.74, 6) is -0.239. The largest absolute Gasteiger partial charge is 0.378 e. The van der Waals surface area contributed by atoms with Crippen LogP contribution >= 0.6 is 0 Å². The Morgan fingerprint density at radius 2 is 2.08 bits per heavy atom. The Morgan fingerprint density at radius 1 is 1.50 bits per heavy atom. The van der Waals surface area contributed by atoms with Crippen molar-refractivity contribution in [2.45, 2.75) is 6.92 Å². The molecule has 0 aromatic carbocycles. The minimum Gasteiger partial charge on any atom is -0.378 e. The molecule has 0 saturated carbocycles. The second-order valence-electron chi connectivity index (χ2n) is 2.68. The van der Waals surface area contributed by atoms with Gasteiger partial charge in [-0.2, -0.15) is 0 Å². The van der Waals surface area contributed by atoms with E-state index in [1.54, 1.807) is 6.92 Å². The maximum Gasteiger partial charge on any atom is 0.141 e. The average Bonchev–Trinajstić information content (AvgIpc) is 2.17. The van der Waals surface area contributed by atoms with Crippen LogP contribution in [0.1, 0.15) is 6.92 Å². The fourth-order valence-electron chi connectivity index (χ4n) is 1.15. The van der Waals surface area contributed by atoms with Gasteiger partial charge >= 0.3 is 0 Å². The third-order valence-electron chi connectivity index (χ3n) is 1.92. The number of allylic oxidation sites excluding steroid dienone is 2. The average molecular weight is 171 g/mol. The first-order chi connectivity index (χ1) is 5.75. The van der Waals surface area contributed by atoms with E-state index in [0.29, 0.717) is 18.9 Å². The van der Waals surface area contributed by atoms with Crippen LogP contribution in [0.25, 0.3) is 0 Å². The summed E-state index contributed by atoms with van der Waals surface area (Å²) in [4.78, 5) is 1.90. The Kier molecular flexibility index (Phi) is 3.29. The second-order valence-corrected chi connectivity index (χ2v) is 2.68. The third kappa shape index (κ3) is 2.08. The second kappa shape index (κ2) is 4.26. The zero-order valence-electron chi connectivity index (χ0n) is 7.35. The molecule has 1 rings (SSSR count). The molecule has 0 spiro atoms. The molecule has 68 valence electrons. The topological polar surface area (TPSA) is 12.5 Å². The van der Waals surface area contributed by atoms with E-state index in [2.05, 4.69) is 6.58 Å². The first kappa shape index (κ1) is 9.26. The predicted molar refractivity (Wildman–Crippen MR) is 46.4 cm³/mol. The molecule has 0 aromatic heterocycles. The van der Waals surface area contributed by atoms with Crippen molar-refractivity contribution >= 4 is 0 Å². The minimum absolute atomic E-state index is 0.239. The Balaban J connectivity index is 2.51. The van der Waals surface area contributed by atoms with Crippen LogP contribution in [0.4, 0.5) is 4.39 Å². The first-order valence-corrected chi connectivity index (χ1v) is 4.09. The number of ether oxygens (including phenoxy) is 1. The van der Waals surface area contributed by atoms with Crippen molar-refractivity contribution in [1.82, 2.24) is 4.90 Å². The van der Waals surface area contributed by atoms with Crippen LogP contribution in [0.15, 0.2) is 24.2 Å². The van der Waals surface area contributed by atoms with E-state index in [1.807, 2.05) is 4.90 Å². The number of nitrogens with zero attached hydrogens (tertiary/aromatic N) is 1. The van der Waals surface area contributed by atoms with Crippen molar-refractivity contribution in [2.24, 2.45) is 0 Å². The van der Waals surface area contributed by atoms with Crippen molar-refractivity contribution in [3.8, 4) is 0 Å². The molecule has 0 aliphatic carbocycles. The van der Waals surface area contributed by atoms with E-state index in [9.17, 15) is 4.39 Å². The summed E-state index contributed by atoms with van der Waals surface area (Å²) in [5.41, 5.74) is 0.473. The highest BCUT2D eigenvalue weighted by molar-refractivity contribution is 5.20. The van der Waals surface area contributed by atoms with Crippen LogP contribution in [0, 0.1) is 0 Å². The quantitative estimate of drug-likeness (QED) is 0.586. The van der Waals surface area contributed by atoms with E-state index in [4.69, 9.17) is 4.74 Å². The standard InChI is InChI=1S/C9H14FNO/c1-3-9(10)8(2)11-4-6-12-7-5-11/h3H,2,4-7H2,1H3/b9-3+. The minimum atomic E-state index is -0.239. The lowest BCUT2D eigenvalue weighted by Crippen LogP contribution is -2.35. The monoisotopic (exact) mass is 171 g/mol. The van der Waals surface area contributed by atoms with Crippen LogP contribution in [0.3, 0.4) is 0 Å². The first-order valence-electron chi connectivity index (χ1n) is 4.09. The van der Waals surface area contributed by atoms with Gasteiger partial charge in [0, 0.05) is 13.1 Å². The normalized spacial score (nSPS) is 19.5. The molecule has 0 aromatic rings. The van der Waals surface area contributed by atoms with Crippen molar-refractivity contribution < 1.29 is 9.13 Å². The lowest BCUT2D eigenvalue weighted by Gasteiger charge is -2.29. The number of morpholine rings is 1. The number of rotatable bonds is 2. The molecule has 1 saturated heterocycles. The molecule has 3 heteroatoms. The maximum absolute atomic E-state index is 13.0. The zero-order chi connectivity index (χ0) is 8.97. The van der Waals surface area contributed by atoms with E-state index >= 15 is 0 Å². The molecule has 0 N–H and O–H groups in total. The van der Waals surface area contributed by atoms with Crippen LogP contribution in [0.5, 0.6) is 0 Å². The van der Waals surface area contributed by atoms with Gasteiger partial charge in [0.2, 0.25) is 0 Å². The molecular weight excluding hydrogens is 157 g/mol. The molecule has 1 heterocycles. The molecule has 0 amide bonds. The van der Waals surface area contributed by atoms with Gasteiger partial charge < -0.3 is 9.64 Å². The lowest BCUT2D eigenvalue weighted by molar-refractivity contribution is 0.0537.